The average molecular weight is 336 g/mol. The van der Waals surface area contributed by atoms with Crippen molar-refractivity contribution in [3.63, 3.8) is 0 Å². The molecule has 0 aromatic carbocycles. The van der Waals surface area contributed by atoms with E-state index in [9.17, 15) is 0 Å². The molecule has 0 bridgehead atoms. The summed E-state index contributed by atoms with van der Waals surface area (Å²) in [6.07, 6.45) is 6.82. The summed E-state index contributed by atoms with van der Waals surface area (Å²) < 4.78 is 6.58. The van der Waals surface area contributed by atoms with E-state index in [-0.39, 0.29) is 12.4 Å². The topological polar surface area (TPSA) is 34.1 Å². The number of halogens is 2. The molecule has 1 aliphatic heterocycles. The van der Waals surface area contributed by atoms with E-state index in [1.807, 2.05) is 12.1 Å². The van der Waals surface area contributed by atoms with Gasteiger partial charge in [-0.2, -0.15) is 0 Å². The van der Waals surface area contributed by atoms with Gasteiger partial charge >= 0.3 is 0 Å². The fourth-order valence-corrected chi connectivity index (χ4v) is 2.40. The van der Waals surface area contributed by atoms with Crippen LogP contribution in [0.25, 0.3) is 0 Å². The third-order valence-electron chi connectivity index (χ3n) is 3.11. The van der Waals surface area contributed by atoms with Gasteiger partial charge in [-0.3, -0.25) is 0 Å². The highest BCUT2D eigenvalue weighted by Crippen LogP contribution is 2.16. The van der Waals surface area contributed by atoms with E-state index >= 15 is 0 Å². The number of ether oxygens (including phenoxy) is 1. The van der Waals surface area contributed by atoms with Gasteiger partial charge in [0.15, 0.2) is 0 Å². The first-order chi connectivity index (χ1) is 8.34. The van der Waals surface area contributed by atoms with Gasteiger partial charge in [0, 0.05) is 16.7 Å². The van der Waals surface area contributed by atoms with Gasteiger partial charge in [0.2, 0.25) is 5.88 Å². The molecule has 2 rings (SSSR count). The highest BCUT2D eigenvalue weighted by molar-refractivity contribution is 9.10. The van der Waals surface area contributed by atoms with Crippen LogP contribution < -0.4 is 10.1 Å². The van der Waals surface area contributed by atoms with Crippen LogP contribution in [-0.4, -0.2) is 24.7 Å². The molecule has 1 aromatic heterocycles. The minimum atomic E-state index is 0. The van der Waals surface area contributed by atoms with Crippen molar-refractivity contribution in [1.82, 2.24) is 10.3 Å². The van der Waals surface area contributed by atoms with E-state index in [2.05, 4.69) is 26.2 Å². The first kappa shape index (κ1) is 15.7. The van der Waals surface area contributed by atoms with Crippen molar-refractivity contribution in [2.24, 2.45) is 5.92 Å². The van der Waals surface area contributed by atoms with Gasteiger partial charge in [0.25, 0.3) is 0 Å². The van der Waals surface area contributed by atoms with E-state index in [4.69, 9.17) is 4.74 Å². The Morgan fingerprint density at radius 3 is 3.00 bits per heavy atom. The van der Waals surface area contributed by atoms with Crippen LogP contribution in [0.15, 0.2) is 22.8 Å². The summed E-state index contributed by atoms with van der Waals surface area (Å²) >= 11 is 3.35. The first-order valence-corrected chi connectivity index (χ1v) is 7.09. The van der Waals surface area contributed by atoms with Crippen molar-refractivity contribution in [3.05, 3.63) is 22.8 Å². The van der Waals surface area contributed by atoms with Crippen molar-refractivity contribution in [1.29, 1.82) is 0 Å². The maximum atomic E-state index is 5.60. The summed E-state index contributed by atoms with van der Waals surface area (Å²) in [7, 11) is 0. The van der Waals surface area contributed by atoms with Crippen LogP contribution in [0.5, 0.6) is 5.88 Å². The molecule has 18 heavy (non-hydrogen) atoms. The zero-order valence-electron chi connectivity index (χ0n) is 10.4. The van der Waals surface area contributed by atoms with Crippen molar-refractivity contribution in [2.45, 2.75) is 25.7 Å². The van der Waals surface area contributed by atoms with Crippen molar-refractivity contribution in [2.75, 3.05) is 19.7 Å². The standard InChI is InChI=1S/C13H19BrN2O.ClH/c14-12-5-6-13(16-10-12)17-8-2-4-11-3-1-7-15-9-11;/h5-6,10-11,15H,1-4,7-9H2;1H. The van der Waals surface area contributed by atoms with Crippen LogP contribution in [0.2, 0.25) is 0 Å². The monoisotopic (exact) mass is 334 g/mol. The summed E-state index contributed by atoms with van der Waals surface area (Å²) in [5, 5.41) is 3.44. The molecule has 0 amide bonds. The second-order valence-electron chi connectivity index (χ2n) is 4.52. The Labute approximate surface area is 123 Å². The molecule has 1 unspecified atom stereocenters. The molecule has 1 fully saturated rings. The molecule has 1 N–H and O–H groups in total. The summed E-state index contributed by atoms with van der Waals surface area (Å²) in [5.74, 6) is 1.56. The lowest BCUT2D eigenvalue weighted by Gasteiger charge is -2.22. The second kappa shape index (κ2) is 8.73. The maximum absolute atomic E-state index is 5.60. The lowest BCUT2D eigenvalue weighted by atomic mass is 9.95. The van der Waals surface area contributed by atoms with Gasteiger partial charge in [0.05, 0.1) is 6.61 Å². The molecule has 2 heterocycles. The van der Waals surface area contributed by atoms with E-state index in [0.717, 1.165) is 29.3 Å². The highest BCUT2D eigenvalue weighted by Gasteiger charge is 2.12. The Morgan fingerprint density at radius 2 is 2.33 bits per heavy atom. The maximum Gasteiger partial charge on any atom is 0.213 e. The predicted molar refractivity (Wildman–Crippen MR) is 79.5 cm³/mol. The van der Waals surface area contributed by atoms with Crippen LogP contribution in [0.4, 0.5) is 0 Å². The fraction of sp³-hybridized carbons (Fsp3) is 0.615. The van der Waals surface area contributed by atoms with E-state index in [1.165, 1.54) is 32.4 Å². The molecule has 3 nitrogen and oxygen atoms in total. The second-order valence-corrected chi connectivity index (χ2v) is 5.43. The average Bonchev–Trinajstić information content (AvgIpc) is 2.38. The molecular weight excluding hydrogens is 316 g/mol. The molecule has 1 aromatic rings. The zero-order valence-corrected chi connectivity index (χ0v) is 12.8. The fourth-order valence-electron chi connectivity index (χ4n) is 2.17. The highest BCUT2D eigenvalue weighted by atomic mass is 79.9. The number of pyridine rings is 1. The Morgan fingerprint density at radius 1 is 1.44 bits per heavy atom. The molecular formula is C13H20BrClN2O. The molecule has 0 aliphatic carbocycles. The van der Waals surface area contributed by atoms with Crippen LogP contribution in [-0.2, 0) is 0 Å². The number of hydrogen-bond acceptors (Lipinski definition) is 3. The van der Waals surface area contributed by atoms with Crippen molar-refractivity contribution < 1.29 is 4.74 Å². The lowest BCUT2D eigenvalue weighted by Crippen LogP contribution is -2.29. The Balaban J connectivity index is 0.00000162. The largest absolute Gasteiger partial charge is 0.478 e. The summed E-state index contributed by atoms with van der Waals surface area (Å²) in [4.78, 5) is 4.18. The third kappa shape index (κ3) is 5.55. The molecule has 1 saturated heterocycles. The molecule has 1 aliphatic rings. The van der Waals surface area contributed by atoms with Gasteiger partial charge < -0.3 is 10.1 Å². The van der Waals surface area contributed by atoms with E-state index in [1.54, 1.807) is 6.20 Å². The van der Waals surface area contributed by atoms with E-state index < -0.39 is 0 Å². The molecule has 1 atom stereocenters. The van der Waals surface area contributed by atoms with Crippen LogP contribution in [0.3, 0.4) is 0 Å². The molecule has 5 heteroatoms. The summed E-state index contributed by atoms with van der Waals surface area (Å²) in [6.45, 7) is 3.14. The molecule has 102 valence electrons. The molecule has 0 spiro atoms. The van der Waals surface area contributed by atoms with Gasteiger partial charge in [-0.15, -0.1) is 12.4 Å². The Bertz CT molecular complexity index is 328. The van der Waals surface area contributed by atoms with Gasteiger partial charge in [0.1, 0.15) is 0 Å². The predicted octanol–water partition coefficient (Wildman–Crippen LogP) is 3.42. The van der Waals surface area contributed by atoms with Gasteiger partial charge in [-0.25, -0.2) is 4.98 Å². The zero-order chi connectivity index (χ0) is 11.9. The SMILES string of the molecule is Brc1ccc(OCCCC2CCCNC2)nc1.Cl. The Hall–Kier alpha value is -0.320. The minimum absolute atomic E-state index is 0. The number of hydrogen-bond donors (Lipinski definition) is 1. The number of rotatable bonds is 5. The van der Waals surface area contributed by atoms with Crippen LogP contribution in [0.1, 0.15) is 25.7 Å². The van der Waals surface area contributed by atoms with Gasteiger partial charge in [-0.05, 0) is 66.7 Å². The molecule has 0 radical (unpaired) electrons. The van der Waals surface area contributed by atoms with E-state index in [0.29, 0.717) is 0 Å². The number of nitrogens with zero attached hydrogens (tertiary/aromatic N) is 1. The first-order valence-electron chi connectivity index (χ1n) is 6.29. The van der Waals surface area contributed by atoms with Crippen LogP contribution in [0, 0.1) is 5.92 Å². The van der Waals surface area contributed by atoms with Crippen LogP contribution >= 0.6 is 28.3 Å². The number of piperidine rings is 1. The minimum Gasteiger partial charge on any atom is -0.478 e. The number of aromatic nitrogens is 1. The quantitative estimate of drug-likeness (QED) is 0.837. The van der Waals surface area contributed by atoms with Crippen molar-refractivity contribution >= 4 is 28.3 Å². The molecule has 0 saturated carbocycles. The van der Waals surface area contributed by atoms with Gasteiger partial charge in [-0.1, -0.05) is 0 Å². The summed E-state index contributed by atoms with van der Waals surface area (Å²) in [6, 6.07) is 3.85. The number of nitrogens with one attached hydrogen (secondary N) is 1. The van der Waals surface area contributed by atoms with Crippen molar-refractivity contribution in [3.8, 4) is 5.88 Å². The lowest BCUT2D eigenvalue weighted by molar-refractivity contribution is 0.268. The third-order valence-corrected chi connectivity index (χ3v) is 3.57. The Kier molecular flexibility index (Phi) is 7.63. The normalized spacial score (nSPS) is 19.1. The summed E-state index contributed by atoms with van der Waals surface area (Å²) in [5.41, 5.74) is 0. The smallest absolute Gasteiger partial charge is 0.213 e.